The lowest BCUT2D eigenvalue weighted by Crippen LogP contribution is -2.06. The maximum atomic E-state index is 5.71. The third kappa shape index (κ3) is 2.79. The third-order valence-electron chi connectivity index (χ3n) is 2.76. The number of aryl methyl sites for hydroxylation is 1. The zero-order chi connectivity index (χ0) is 13.0. The van der Waals surface area contributed by atoms with Gasteiger partial charge in [-0.15, -0.1) is 0 Å². The van der Waals surface area contributed by atoms with Gasteiger partial charge in [0, 0.05) is 6.54 Å². The van der Waals surface area contributed by atoms with Gasteiger partial charge in [0.15, 0.2) is 0 Å². The minimum absolute atomic E-state index is 0.441. The van der Waals surface area contributed by atoms with Crippen molar-refractivity contribution in [3.05, 3.63) is 46.2 Å². The zero-order valence-corrected chi connectivity index (χ0v) is 11.7. The van der Waals surface area contributed by atoms with E-state index in [9.17, 15) is 0 Å². The van der Waals surface area contributed by atoms with E-state index in [4.69, 9.17) is 5.73 Å². The van der Waals surface area contributed by atoms with Crippen LogP contribution < -0.4 is 11.1 Å². The molecule has 0 fully saturated rings. The van der Waals surface area contributed by atoms with E-state index in [1.807, 2.05) is 6.07 Å². The molecule has 0 aliphatic heterocycles. The van der Waals surface area contributed by atoms with Crippen LogP contribution in [0, 0.1) is 0 Å². The molecule has 4 nitrogen and oxygen atoms in total. The first-order chi connectivity index (χ1) is 8.72. The molecule has 1 heterocycles. The smallest absolute Gasteiger partial charge is 0.146 e. The van der Waals surface area contributed by atoms with Crippen LogP contribution in [-0.2, 0) is 13.0 Å². The summed E-state index contributed by atoms with van der Waals surface area (Å²) in [5, 5.41) is 3.27. The van der Waals surface area contributed by atoms with Crippen LogP contribution in [-0.4, -0.2) is 9.97 Å². The molecule has 0 atom stereocenters. The van der Waals surface area contributed by atoms with Crippen molar-refractivity contribution in [2.45, 2.75) is 19.9 Å². The van der Waals surface area contributed by atoms with E-state index < -0.39 is 0 Å². The molecule has 94 valence electrons. The fraction of sp³-hybridized carbons (Fsp3) is 0.231. The van der Waals surface area contributed by atoms with Crippen LogP contribution in [0.2, 0.25) is 0 Å². The van der Waals surface area contributed by atoms with Gasteiger partial charge in [-0.1, -0.05) is 31.2 Å². The topological polar surface area (TPSA) is 63.8 Å². The first-order valence-electron chi connectivity index (χ1n) is 5.79. The maximum absolute atomic E-state index is 5.71. The van der Waals surface area contributed by atoms with Gasteiger partial charge >= 0.3 is 0 Å². The second kappa shape index (κ2) is 5.82. The van der Waals surface area contributed by atoms with Crippen molar-refractivity contribution in [1.82, 2.24) is 9.97 Å². The minimum Gasteiger partial charge on any atom is -0.383 e. The van der Waals surface area contributed by atoms with Crippen molar-refractivity contribution in [1.29, 1.82) is 0 Å². The quantitative estimate of drug-likeness (QED) is 0.911. The monoisotopic (exact) mass is 306 g/mol. The Labute approximate surface area is 115 Å². The van der Waals surface area contributed by atoms with Crippen molar-refractivity contribution in [2.75, 3.05) is 11.1 Å². The van der Waals surface area contributed by atoms with E-state index in [1.165, 1.54) is 17.5 Å². The third-order valence-corrected chi connectivity index (χ3v) is 3.54. The van der Waals surface area contributed by atoms with Gasteiger partial charge in [0.25, 0.3) is 0 Å². The van der Waals surface area contributed by atoms with Crippen molar-refractivity contribution < 1.29 is 0 Å². The Morgan fingerprint density at radius 3 is 2.67 bits per heavy atom. The molecule has 0 bridgehead atoms. The second-order valence-electron chi connectivity index (χ2n) is 3.90. The van der Waals surface area contributed by atoms with Crippen molar-refractivity contribution in [3.8, 4) is 0 Å². The highest BCUT2D eigenvalue weighted by Gasteiger charge is 2.06. The maximum Gasteiger partial charge on any atom is 0.146 e. The highest BCUT2D eigenvalue weighted by Crippen LogP contribution is 2.24. The first kappa shape index (κ1) is 12.8. The molecule has 0 saturated carbocycles. The Hall–Kier alpha value is -1.62. The lowest BCUT2D eigenvalue weighted by molar-refractivity contribution is 1.02. The molecule has 18 heavy (non-hydrogen) atoms. The summed E-state index contributed by atoms with van der Waals surface area (Å²) in [6.07, 6.45) is 2.47. The molecule has 1 aromatic carbocycles. The molecule has 0 aliphatic carbocycles. The SMILES string of the molecule is CCc1ccccc1CNc1ncnc(N)c1Br. The summed E-state index contributed by atoms with van der Waals surface area (Å²) in [5.41, 5.74) is 8.31. The Morgan fingerprint density at radius 2 is 1.94 bits per heavy atom. The molecule has 3 N–H and O–H groups in total. The highest BCUT2D eigenvalue weighted by molar-refractivity contribution is 9.10. The summed E-state index contributed by atoms with van der Waals surface area (Å²) in [7, 11) is 0. The largest absolute Gasteiger partial charge is 0.383 e. The normalized spacial score (nSPS) is 10.3. The molecule has 0 spiro atoms. The number of hydrogen-bond acceptors (Lipinski definition) is 4. The summed E-state index contributed by atoms with van der Waals surface area (Å²) < 4.78 is 0.707. The van der Waals surface area contributed by atoms with Crippen LogP contribution in [0.1, 0.15) is 18.1 Å². The summed E-state index contributed by atoms with van der Waals surface area (Å²) in [4.78, 5) is 8.07. The van der Waals surface area contributed by atoms with Gasteiger partial charge in [-0.2, -0.15) is 0 Å². The molecule has 0 amide bonds. The molecule has 1 aromatic heterocycles. The standard InChI is InChI=1S/C13H15BrN4/c1-2-9-5-3-4-6-10(9)7-16-13-11(14)12(15)17-8-18-13/h3-6,8H,2,7H2,1H3,(H3,15,16,17,18). The highest BCUT2D eigenvalue weighted by atomic mass is 79.9. The number of benzene rings is 1. The molecule has 2 rings (SSSR count). The lowest BCUT2D eigenvalue weighted by Gasteiger charge is -2.11. The molecular weight excluding hydrogens is 292 g/mol. The minimum atomic E-state index is 0.441. The van der Waals surface area contributed by atoms with Gasteiger partial charge in [0.1, 0.15) is 22.4 Å². The van der Waals surface area contributed by atoms with Gasteiger partial charge < -0.3 is 11.1 Å². The number of aromatic nitrogens is 2. The number of hydrogen-bond donors (Lipinski definition) is 2. The number of rotatable bonds is 4. The van der Waals surface area contributed by atoms with Gasteiger partial charge in [-0.05, 0) is 33.5 Å². The summed E-state index contributed by atoms with van der Waals surface area (Å²) in [5.74, 6) is 1.16. The number of nitrogen functional groups attached to an aromatic ring is 1. The van der Waals surface area contributed by atoms with Gasteiger partial charge in [-0.25, -0.2) is 9.97 Å². The molecule has 2 aromatic rings. The first-order valence-corrected chi connectivity index (χ1v) is 6.58. The van der Waals surface area contributed by atoms with E-state index in [0.29, 0.717) is 16.1 Å². The predicted molar refractivity (Wildman–Crippen MR) is 77.3 cm³/mol. The van der Waals surface area contributed by atoms with E-state index in [-0.39, 0.29) is 0 Å². The molecule has 5 heteroatoms. The summed E-state index contributed by atoms with van der Waals surface area (Å²) in [6, 6.07) is 8.35. The van der Waals surface area contributed by atoms with Crippen LogP contribution in [0.4, 0.5) is 11.6 Å². The summed E-state index contributed by atoms with van der Waals surface area (Å²) >= 11 is 3.38. The zero-order valence-electron chi connectivity index (χ0n) is 10.2. The fourth-order valence-corrected chi connectivity index (χ4v) is 2.11. The number of anilines is 2. The van der Waals surface area contributed by atoms with Gasteiger partial charge in [0.05, 0.1) is 0 Å². The fourth-order valence-electron chi connectivity index (χ4n) is 1.76. The Morgan fingerprint density at radius 1 is 1.22 bits per heavy atom. The van der Waals surface area contributed by atoms with Crippen LogP contribution >= 0.6 is 15.9 Å². The Balaban J connectivity index is 2.14. The van der Waals surface area contributed by atoms with Crippen LogP contribution in [0.15, 0.2) is 35.1 Å². The molecule has 0 saturated heterocycles. The number of halogens is 1. The molecular formula is C13H15BrN4. The van der Waals surface area contributed by atoms with Gasteiger partial charge in [-0.3, -0.25) is 0 Å². The molecule has 0 radical (unpaired) electrons. The van der Waals surface area contributed by atoms with E-state index in [2.05, 4.69) is 56.3 Å². The Bertz CT molecular complexity index is 542. The van der Waals surface area contributed by atoms with E-state index >= 15 is 0 Å². The van der Waals surface area contributed by atoms with Gasteiger partial charge in [0.2, 0.25) is 0 Å². The van der Waals surface area contributed by atoms with Crippen molar-refractivity contribution >= 4 is 27.6 Å². The average molecular weight is 307 g/mol. The van der Waals surface area contributed by atoms with E-state index in [0.717, 1.165) is 13.0 Å². The second-order valence-corrected chi connectivity index (χ2v) is 4.69. The van der Waals surface area contributed by atoms with Crippen LogP contribution in [0.5, 0.6) is 0 Å². The van der Waals surface area contributed by atoms with E-state index in [1.54, 1.807) is 0 Å². The average Bonchev–Trinajstić information content (AvgIpc) is 2.41. The summed E-state index contributed by atoms with van der Waals surface area (Å²) in [6.45, 7) is 2.87. The lowest BCUT2D eigenvalue weighted by atomic mass is 10.1. The predicted octanol–water partition coefficient (Wildman–Crippen LogP) is 3.00. The molecule has 0 aliphatic rings. The van der Waals surface area contributed by atoms with Crippen molar-refractivity contribution in [3.63, 3.8) is 0 Å². The van der Waals surface area contributed by atoms with Crippen LogP contribution in [0.3, 0.4) is 0 Å². The van der Waals surface area contributed by atoms with Crippen LogP contribution in [0.25, 0.3) is 0 Å². The Kier molecular flexibility index (Phi) is 4.15. The number of nitrogens with two attached hydrogens (primary N) is 1. The number of nitrogens with zero attached hydrogens (tertiary/aromatic N) is 2. The number of nitrogens with one attached hydrogen (secondary N) is 1. The van der Waals surface area contributed by atoms with Crippen molar-refractivity contribution in [2.24, 2.45) is 0 Å². The molecule has 0 unspecified atom stereocenters.